The summed E-state index contributed by atoms with van der Waals surface area (Å²) in [5.41, 5.74) is 0.815. The molecule has 2 amide bonds. The number of thiazole rings is 1. The lowest BCUT2D eigenvalue weighted by Gasteiger charge is -2.18. The zero-order valence-electron chi connectivity index (χ0n) is 15.6. The average molecular weight is 415 g/mol. The molecule has 2 aromatic rings. The van der Waals surface area contributed by atoms with Crippen molar-refractivity contribution >= 4 is 34.9 Å². The van der Waals surface area contributed by atoms with Gasteiger partial charge in [0.25, 0.3) is 5.91 Å². The number of hydrogen-bond acceptors (Lipinski definition) is 7. The van der Waals surface area contributed by atoms with Crippen molar-refractivity contribution in [3.8, 4) is 0 Å². The number of rotatable bonds is 7. The molecular formula is C20H21N3O5S. The number of ketones is 2. The fourth-order valence-corrected chi connectivity index (χ4v) is 3.76. The molecule has 3 rings (SSSR count). The van der Waals surface area contributed by atoms with Crippen LogP contribution in [-0.2, 0) is 25.7 Å². The third kappa shape index (κ3) is 5.71. The summed E-state index contributed by atoms with van der Waals surface area (Å²) in [6.45, 7) is 0.474. The fourth-order valence-electron chi connectivity index (χ4n) is 3.05. The predicted molar refractivity (Wildman–Crippen MR) is 105 cm³/mol. The van der Waals surface area contributed by atoms with Gasteiger partial charge in [0.2, 0.25) is 5.78 Å². The van der Waals surface area contributed by atoms with E-state index < -0.39 is 29.7 Å². The third-order valence-corrected chi connectivity index (χ3v) is 5.39. The largest absolute Gasteiger partial charge is 0.445 e. The molecule has 1 fully saturated rings. The van der Waals surface area contributed by atoms with E-state index in [1.807, 2.05) is 30.3 Å². The molecule has 1 aromatic carbocycles. The minimum atomic E-state index is -1.03. The second-order valence-corrected chi connectivity index (χ2v) is 7.57. The van der Waals surface area contributed by atoms with E-state index in [4.69, 9.17) is 4.74 Å². The Morgan fingerprint density at radius 3 is 2.79 bits per heavy atom. The molecule has 29 heavy (non-hydrogen) atoms. The minimum Gasteiger partial charge on any atom is -0.445 e. The predicted octanol–water partition coefficient (Wildman–Crippen LogP) is 2.17. The minimum absolute atomic E-state index is 0.0622. The first kappa shape index (κ1) is 20.7. The number of alkyl carbamates (subject to hydrolysis) is 1. The number of amides is 2. The van der Waals surface area contributed by atoms with Gasteiger partial charge in [-0.3, -0.25) is 14.4 Å². The third-order valence-electron chi connectivity index (χ3n) is 4.55. The molecule has 152 valence electrons. The van der Waals surface area contributed by atoms with Crippen molar-refractivity contribution in [2.45, 2.75) is 31.9 Å². The zero-order chi connectivity index (χ0) is 20.6. The van der Waals surface area contributed by atoms with Crippen molar-refractivity contribution < 1.29 is 23.9 Å². The molecule has 1 aliphatic heterocycles. The summed E-state index contributed by atoms with van der Waals surface area (Å²) in [5, 5.41) is 7.16. The Kier molecular flexibility index (Phi) is 7.07. The van der Waals surface area contributed by atoms with Crippen LogP contribution >= 0.6 is 11.3 Å². The second-order valence-electron chi connectivity index (χ2n) is 6.64. The number of aromatic nitrogens is 1. The van der Waals surface area contributed by atoms with Gasteiger partial charge in [-0.1, -0.05) is 30.3 Å². The molecule has 2 atom stereocenters. The van der Waals surface area contributed by atoms with E-state index in [-0.39, 0.29) is 18.8 Å². The van der Waals surface area contributed by atoms with Crippen molar-refractivity contribution in [3.05, 3.63) is 52.5 Å². The highest BCUT2D eigenvalue weighted by atomic mass is 32.1. The Morgan fingerprint density at radius 2 is 2.07 bits per heavy atom. The van der Waals surface area contributed by atoms with Gasteiger partial charge in [0.15, 0.2) is 5.78 Å². The summed E-state index contributed by atoms with van der Waals surface area (Å²) < 4.78 is 5.20. The van der Waals surface area contributed by atoms with Crippen molar-refractivity contribution in [3.63, 3.8) is 0 Å². The van der Waals surface area contributed by atoms with Crippen LogP contribution in [-0.4, -0.2) is 35.1 Å². The summed E-state index contributed by atoms with van der Waals surface area (Å²) >= 11 is 1.22. The van der Waals surface area contributed by atoms with Crippen LogP contribution in [0.4, 0.5) is 4.79 Å². The first-order valence-corrected chi connectivity index (χ1v) is 10.1. The summed E-state index contributed by atoms with van der Waals surface area (Å²) in [6, 6.07) is 8.13. The van der Waals surface area contributed by atoms with Crippen LogP contribution in [0.25, 0.3) is 0 Å². The number of ether oxygens (including phenoxy) is 1. The second kappa shape index (κ2) is 9.92. The van der Waals surface area contributed by atoms with Gasteiger partial charge in [-0.25, -0.2) is 9.78 Å². The highest BCUT2D eigenvalue weighted by molar-refractivity contribution is 7.09. The van der Waals surface area contributed by atoms with Crippen LogP contribution < -0.4 is 10.6 Å². The average Bonchev–Trinajstić information content (AvgIpc) is 3.22. The number of Topliss-reactive ketones (excluding diaryl/α,β-unsaturated/α-hetero) is 2. The molecule has 0 aliphatic carbocycles. The molecule has 1 aliphatic rings. The molecule has 0 spiro atoms. The summed E-state index contributed by atoms with van der Waals surface area (Å²) in [6.07, 6.45) is 1.68. The topological polar surface area (TPSA) is 114 Å². The molecule has 2 unspecified atom stereocenters. The van der Waals surface area contributed by atoms with Gasteiger partial charge < -0.3 is 15.4 Å². The standard InChI is InChI=1S/C20H21N3O5S/c24-15(11-14-7-4-8-21-18(26)17(14)25)16(19-22-9-10-29-19)23-20(27)28-12-13-5-2-1-3-6-13/h1-3,5-6,9-10,14,16H,4,7-8,11-12H2,(H,21,26)(H,23,27). The molecule has 9 heteroatoms. The SMILES string of the molecule is O=C(NC(C(=O)CC1CCCNC(=O)C1=O)c1nccs1)OCc1ccccc1. The number of benzene rings is 1. The number of carbonyl (C=O) groups is 4. The lowest BCUT2D eigenvalue weighted by molar-refractivity contribution is -0.140. The van der Waals surface area contributed by atoms with Crippen molar-refractivity contribution in [1.29, 1.82) is 0 Å². The van der Waals surface area contributed by atoms with Gasteiger partial charge in [0.05, 0.1) is 0 Å². The van der Waals surface area contributed by atoms with Gasteiger partial charge >= 0.3 is 6.09 Å². The number of hydrogen-bond donors (Lipinski definition) is 2. The number of nitrogens with one attached hydrogen (secondary N) is 2. The Morgan fingerprint density at radius 1 is 1.28 bits per heavy atom. The Bertz CT molecular complexity index is 870. The lowest BCUT2D eigenvalue weighted by Crippen LogP contribution is -2.37. The first-order valence-electron chi connectivity index (χ1n) is 9.26. The number of carbonyl (C=O) groups excluding carboxylic acids is 4. The van der Waals surface area contributed by atoms with Crippen molar-refractivity contribution in [1.82, 2.24) is 15.6 Å². The molecule has 0 bridgehead atoms. The van der Waals surface area contributed by atoms with E-state index in [9.17, 15) is 19.2 Å². The van der Waals surface area contributed by atoms with E-state index in [1.165, 1.54) is 17.5 Å². The van der Waals surface area contributed by atoms with Gasteiger partial charge in [0, 0.05) is 30.5 Å². The van der Waals surface area contributed by atoms with Crippen LogP contribution in [0.1, 0.15) is 35.9 Å². The van der Waals surface area contributed by atoms with E-state index >= 15 is 0 Å². The van der Waals surface area contributed by atoms with Gasteiger partial charge in [-0.05, 0) is 18.4 Å². The first-order chi connectivity index (χ1) is 14.0. The van der Waals surface area contributed by atoms with E-state index in [1.54, 1.807) is 5.38 Å². The van der Waals surface area contributed by atoms with Gasteiger partial charge in [-0.2, -0.15) is 0 Å². The Balaban J connectivity index is 1.65. The Hall–Kier alpha value is -3.07. The van der Waals surface area contributed by atoms with E-state index in [0.29, 0.717) is 24.4 Å². The molecule has 2 heterocycles. The van der Waals surface area contributed by atoms with Gasteiger partial charge in [0.1, 0.15) is 17.7 Å². The molecule has 0 radical (unpaired) electrons. The van der Waals surface area contributed by atoms with Crippen molar-refractivity contribution in [2.75, 3.05) is 6.54 Å². The van der Waals surface area contributed by atoms with E-state index in [2.05, 4.69) is 15.6 Å². The number of nitrogens with zero attached hydrogens (tertiary/aromatic N) is 1. The zero-order valence-corrected chi connectivity index (χ0v) is 16.4. The van der Waals surface area contributed by atoms with Crippen LogP contribution in [0.5, 0.6) is 0 Å². The summed E-state index contributed by atoms with van der Waals surface area (Å²) in [7, 11) is 0. The summed E-state index contributed by atoms with van der Waals surface area (Å²) in [4.78, 5) is 53.2. The molecular weight excluding hydrogens is 394 g/mol. The van der Waals surface area contributed by atoms with Crippen molar-refractivity contribution in [2.24, 2.45) is 5.92 Å². The monoisotopic (exact) mass is 415 g/mol. The molecule has 8 nitrogen and oxygen atoms in total. The fraction of sp³-hybridized carbons (Fsp3) is 0.350. The van der Waals surface area contributed by atoms with Crippen LogP contribution in [0.3, 0.4) is 0 Å². The molecule has 1 aromatic heterocycles. The molecule has 1 saturated heterocycles. The Labute approximate surface area is 171 Å². The lowest BCUT2D eigenvalue weighted by atomic mass is 9.91. The van der Waals surface area contributed by atoms with E-state index in [0.717, 1.165) is 5.56 Å². The highest BCUT2D eigenvalue weighted by Crippen LogP contribution is 2.23. The maximum Gasteiger partial charge on any atom is 0.408 e. The van der Waals surface area contributed by atoms with Crippen LogP contribution in [0.2, 0.25) is 0 Å². The quantitative estimate of drug-likeness (QED) is 0.670. The maximum absolute atomic E-state index is 12.9. The molecule has 2 N–H and O–H groups in total. The van der Waals surface area contributed by atoms with Crippen LogP contribution in [0, 0.1) is 5.92 Å². The van der Waals surface area contributed by atoms with Gasteiger partial charge in [-0.15, -0.1) is 11.3 Å². The van der Waals surface area contributed by atoms with Crippen LogP contribution in [0.15, 0.2) is 41.9 Å². The smallest absolute Gasteiger partial charge is 0.408 e. The highest BCUT2D eigenvalue weighted by Gasteiger charge is 2.33. The normalized spacial score (nSPS) is 17.7. The molecule has 0 saturated carbocycles. The summed E-state index contributed by atoms with van der Waals surface area (Å²) in [5.74, 6) is -2.35. The maximum atomic E-state index is 12.9.